The molecule has 0 fully saturated rings. The van der Waals surface area contributed by atoms with Gasteiger partial charge in [-0.3, -0.25) is 14.4 Å². The Bertz CT molecular complexity index is 2530. The molecule has 0 amide bonds. The van der Waals surface area contributed by atoms with Crippen molar-refractivity contribution in [2.75, 3.05) is 125 Å². The molecule has 4 unspecified atom stereocenters. The number of nitrogens with zero attached hydrogens (tertiary/aromatic N) is 2. The Morgan fingerprint density at radius 3 is 1.52 bits per heavy atom. The molecule has 2 aliphatic heterocycles. The molecule has 17 nitrogen and oxygen atoms in total. The highest BCUT2D eigenvalue weighted by atomic mass is 16.6. The molecule has 0 saturated heterocycles. The number of hydrogen-bond donors (Lipinski definition) is 0. The molecule has 17 heteroatoms. The van der Waals surface area contributed by atoms with E-state index < -0.39 is 11.9 Å². The number of aldehydes is 1. The third-order valence-electron chi connectivity index (χ3n) is 14.2. The number of esters is 2. The molecule has 2 heterocycles. The van der Waals surface area contributed by atoms with Crippen molar-refractivity contribution in [1.82, 2.24) is 0 Å². The number of carbonyl (C=O) groups excluding carboxylic acids is 3. The molecule has 0 aliphatic carbocycles. The van der Waals surface area contributed by atoms with E-state index in [0.29, 0.717) is 117 Å². The second kappa shape index (κ2) is 24.0. The largest absolute Gasteiger partial charge is 0.493 e. The Labute approximate surface area is 417 Å². The van der Waals surface area contributed by atoms with E-state index in [1.807, 2.05) is 42.5 Å². The van der Waals surface area contributed by atoms with Gasteiger partial charge in [-0.05, 0) is 53.1 Å². The number of rotatable bonds is 25. The standard InChI is InChI=1S/C54H72N2O15/c1-55(23-19-35-30-43(63-6)51(66-9)53(68-11)47(35)39(55)27-34-15-16-40(60-3)41(28-34)61-4)21-13-25-70-45(58)17-18-46(59)71-26-14-22-56(2)24-20-36-31-44(64-7)52(67-10)54(69-12)48(36)49(56)37-29-38(33-57)50(65-8)42(32-37)62-5/h15-16,28-33,39,49H,13-14,17-27H2,1-12H3/q+2. The van der Waals surface area contributed by atoms with Crippen molar-refractivity contribution in [3.05, 3.63) is 81.4 Å². The summed E-state index contributed by atoms with van der Waals surface area (Å²) in [6.45, 7) is 3.16. The lowest BCUT2D eigenvalue weighted by Crippen LogP contribution is -2.52. The third-order valence-corrected chi connectivity index (χ3v) is 14.2. The normalized spacial score (nSPS) is 19.0. The molecule has 0 radical (unpaired) electrons. The summed E-state index contributed by atoms with van der Waals surface area (Å²) in [5.74, 6) is 4.43. The molecule has 0 spiro atoms. The van der Waals surface area contributed by atoms with Gasteiger partial charge in [0.25, 0.3) is 0 Å². The molecule has 0 N–H and O–H groups in total. The number of benzene rings is 4. The van der Waals surface area contributed by atoms with Crippen molar-refractivity contribution >= 4 is 18.2 Å². The van der Waals surface area contributed by atoms with Crippen molar-refractivity contribution in [1.29, 1.82) is 0 Å². The highest BCUT2D eigenvalue weighted by molar-refractivity contribution is 5.82. The molecular formula is C54H72N2O15+2. The minimum absolute atomic E-state index is 0.0602. The second-order valence-corrected chi connectivity index (χ2v) is 18.2. The van der Waals surface area contributed by atoms with Crippen LogP contribution in [0.2, 0.25) is 0 Å². The Hall–Kier alpha value is -6.59. The number of likely N-dealkylation sites (N-methyl/N-ethyl adjacent to an activating group) is 2. The quantitative estimate of drug-likeness (QED) is 0.0281. The van der Waals surface area contributed by atoms with Gasteiger partial charge in [0, 0.05) is 37.7 Å². The van der Waals surface area contributed by atoms with Gasteiger partial charge in [-0.2, -0.15) is 0 Å². The molecule has 6 rings (SSSR count). The van der Waals surface area contributed by atoms with E-state index in [1.165, 1.54) is 14.2 Å². The maximum atomic E-state index is 13.0. The van der Waals surface area contributed by atoms with Crippen LogP contribution in [0.5, 0.6) is 57.5 Å². The number of hydrogen-bond acceptors (Lipinski definition) is 15. The fraction of sp³-hybridized carbons (Fsp3) is 0.500. The first kappa shape index (κ1) is 53.8. The first-order chi connectivity index (χ1) is 34.2. The third kappa shape index (κ3) is 11.3. The lowest BCUT2D eigenvalue weighted by Gasteiger charge is -2.46. The highest BCUT2D eigenvalue weighted by Gasteiger charge is 2.45. The van der Waals surface area contributed by atoms with Crippen LogP contribution in [-0.2, 0) is 38.3 Å². The monoisotopic (exact) mass is 988 g/mol. The molecule has 386 valence electrons. The van der Waals surface area contributed by atoms with E-state index in [2.05, 4.69) is 14.1 Å². The van der Waals surface area contributed by atoms with Crippen molar-refractivity contribution < 1.29 is 80.2 Å². The van der Waals surface area contributed by atoms with Crippen LogP contribution in [0.3, 0.4) is 0 Å². The summed E-state index contributed by atoms with van der Waals surface area (Å²) in [5.41, 5.74) is 6.31. The lowest BCUT2D eigenvalue weighted by atomic mass is 9.84. The SMILES string of the molecule is COc1ccc(CC2c3c(cc(OC)c(OC)c3OC)CC[N+]2(C)CCCOC(=O)CCC(=O)OCCC[N+]2(C)CCc3cc(OC)c(OC)c(OC)c3C2c2cc(C=O)c(OC)c(OC)c2)cc1OC. The van der Waals surface area contributed by atoms with Gasteiger partial charge in [-0.1, -0.05) is 6.07 Å². The zero-order valence-electron chi connectivity index (χ0n) is 43.5. The van der Waals surface area contributed by atoms with Gasteiger partial charge in [0.1, 0.15) is 12.1 Å². The van der Waals surface area contributed by atoms with Crippen LogP contribution in [-0.4, -0.2) is 152 Å². The fourth-order valence-corrected chi connectivity index (χ4v) is 10.6. The van der Waals surface area contributed by atoms with Crippen LogP contribution in [0, 0.1) is 0 Å². The van der Waals surface area contributed by atoms with Gasteiger partial charge in [0.15, 0.2) is 52.3 Å². The number of fused-ring (bicyclic) bond motifs is 2. The zero-order valence-corrected chi connectivity index (χ0v) is 43.5. The molecule has 4 aromatic rings. The first-order valence-corrected chi connectivity index (χ1v) is 23.8. The summed E-state index contributed by atoms with van der Waals surface area (Å²) in [4.78, 5) is 38.5. The van der Waals surface area contributed by atoms with Crippen molar-refractivity contribution in [3.8, 4) is 57.5 Å². The van der Waals surface area contributed by atoms with E-state index >= 15 is 0 Å². The van der Waals surface area contributed by atoms with Crippen LogP contribution in [0.25, 0.3) is 0 Å². The molecule has 0 bridgehead atoms. The van der Waals surface area contributed by atoms with Crippen LogP contribution < -0.4 is 47.4 Å². The van der Waals surface area contributed by atoms with Crippen LogP contribution in [0.1, 0.15) is 81.5 Å². The Balaban J connectivity index is 1.08. The molecular weight excluding hydrogens is 917 g/mol. The van der Waals surface area contributed by atoms with Crippen LogP contribution in [0.15, 0.2) is 42.5 Å². The molecule has 71 heavy (non-hydrogen) atoms. The summed E-state index contributed by atoms with van der Waals surface area (Å²) < 4.78 is 70.2. The summed E-state index contributed by atoms with van der Waals surface area (Å²) in [7, 11) is 20.3. The predicted octanol–water partition coefficient (Wildman–Crippen LogP) is 7.31. The zero-order chi connectivity index (χ0) is 51.5. The summed E-state index contributed by atoms with van der Waals surface area (Å²) >= 11 is 0. The number of carbonyl (C=O) groups is 3. The Morgan fingerprint density at radius 1 is 0.535 bits per heavy atom. The molecule has 4 atom stereocenters. The van der Waals surface area contributed by atoms with E-state index in [9.17, 15) is 14.4 Å². The van der Waals surface area contributed by atoms with E-state index in [1.54, 1.807) is 56.9 Å². The molecule has 2 aliphatic rings. The van der Waals surface area contributed by atoms with E-state index in [0.717, 1.165) is 52.6 Å². The van der Waals surface area contributed by atoms with Crippen molar-refractivity contribution in [3.63, 3.8) is 0 Å². The molecule has 0 aromatic heterocycles. The maximum absolute atomic E-state index is 13.0. The number of quaternary nitrogens is 2. The van der Waals surface area contributed by atoms with Crippen LogP contribution >= 0.6 is 0 Å². The van der Waals surface area contributed by atoms with Gasteiger partial charge in [-0.25, -0.2) is 0 Å². The van der Waals surface area contributed by atoms with E-state index in [4.69, 9.17) is 56.8 Å². The number of ether oxygens (including phenoxy) is 12. The second-order valence-electron chi connectivity index (χ2n) is 18.2. The summed E-state index contributed by atoms with van der Waals surface area (Å²) in [6.07, 6.45) is 3.78. The average molecular weight is 989 g/mol. The average Bonchev–Trinajstić information content (AvgIpc) is 3.39. The van der Waals surface area contributed by atoms with E-state index in [-0.39, 0.29) is 38.1 Å². The summed E-state index contributed by atoms with van der Waals surface area (Å²) in [5, 5.41) is 0. The van der Waals surface area contributed by atoms with Gasteiger partial charge in [0.2, 0.25) is 11.5 Å². The number of methoxy groups -OCH3 is 10. The fourth-order valence-electron chi connectivity index (χ4n) is 10.6. The first-order valence-electron chi connectivity index (χ1n) is 23.8. The Kier molecular flexibility index (Phi) is 18.2. The minimum atomic E-state index is -0.483. The van der Waals surface area contributed by atoms with Crippen LogP contribution in [0.4, 0.5) is 0 Å². The van der Waals surface area contributed by atoms with Crippen molar-refractivity contribution in [2.24, 2.45) is 0 Å². The molecule has 4 aromatic carbocycles. The smallest absolute Gasteiger partial charge is 0.306 e. The summed E-state index contributed by atoms with van der Waals surface area (Å²) in [6, 6.07) is 13.3. The highest BCUT2D eigenvalue weighted by Crippen LogP contribution is 2.53. The minimum Gasteiger partial charge on any atom is -0.493 e. The predicted molar refractivity (Wildman–Crippen MR) is 265 cm³/mol. The Morgan fingerprint density at radius 2 is 1.01 bits per heavy atom. The van der Waals surface area contributed by atoms with Gasteiger partial charge in [0.05, 0.1) is 154 Å². The maximum Gasteiger partial charge on any atom is 0.306 e. The molecule has 0 saturated carbocycles. The van der Waals surface area contributed by atoms with Gasteiger partial charge < -0.3 is 65.8 Å². The van der Waals surface area contributed by atoms with Gasteiger partial charge >= 0.3 is 11.9 Å². The van der Waals surface area contributed by atoms with Crippen molar-refractivity contribution in [2.45, 2.75) is 57.0 Å². The van der Waals surface area contributed by atoms with Gasteiger partial charge in [-0.15, -0.1) is 0 Å². The topological polar surface area (TPSA) is 162 Å². The lowest BCUT2D eigenvalue weighted by molar-refractivity contribution is -0.941.